The van der Waals surface area contributed by atoms with Gasteiger partial charge >= 0.3 is 13.3 Å². The van der Waals surface area contributed by atoms with E-state index in [-0.39, 0.29) is 6.42 Å². The summed E-state index contributed by atoms with van der Waals surface area (Å²) in [6.07, 6.45) is -4.06. The summed E-state index contributed by atoms with van der Waals surface area (Å²) < 4.78 is 50.7. The number of alkyl halides is 3. The number of halogens is 4. The third kappa shape index (κ3) is 3.01. The highest BCUT2D eigenvalue weighted by atomic mass is 35.5. The maximum atomic E-state index is 12.9. The maximum Gasteiger partial charge on any atom is 0.495 e. The van der Waals surface area contributed by atoms with Gasteiger partial charge in [0.15, 0.2) is 0 Å². The predicted octanol–water partition coefficient (Wildman–Crippen LogP) is 4.31. The van der Waals surface area contributed by atoms with E-state index in [1.165, 1.54) is 0 Å². The number of hydrogen-bond acceptors (Lipinski definition) is 2. The molecule has 1 aromatic rings. The second-order valence-corrected chi connectivity index (χ2v) is 7.79. The SMILES string of the molecule is CC1(C)OB(c2cc(Cl)ccc2C2CC2C(F)(F)F)OC1(C)C. The Morgan fingerprint density at radius 1 is 1.13 bits per heavy atom. The van der Waals surface area contributed by atoms with Gasteiger partial charge < -0.3 is 9.31 Å². The highest BCUT2D eigenvalue weighted by molar-refractivity contribution is 6.63. The highest BCUT2D eigenvalue weighted by Gasteiger charge is 2.58. The molecule has 2 nitrogen and oxygen atoms in total. The van der Waals surface area contributed by atoms with Crippen molar-refractivity contribution < 1.29 is 22.5 Å². The summed E-state index contributed by atoms with van der Waals surface area (Å²) in [4.78, 5) is 0. The van der Waals surface area contributed by atoms with Gasteiger partial charge in [0.25, 0.3) is 0 Å². The van der Waals surface area contributed by atoms with Gasteiger partial charge in [-0.3, -0.25) is 0 Å². The molecule has 23 heavy (non-hydrogen) atoms. The van der Waals surface area contributed by atoms with Crippen molar-refractivity contribution in [2.45, 2.75) is 57.4 Å². The predicted molar refractivity (Wildman–Crippen MR) is 84.1 cm³/mol. The van der Waals surface area contributed by atoms with Crippen molar-refractivity contribution in [2.75, 3.05) is 0 Å². The Balaban J connectivity index is 1.93. The molecule has 1 saturated carbocycles. The fourth-order valence-electron chi connectivity index (χ4n) is 2.96. The number of rotatable bonds is 2. The molecule has 7 heteroatoms. The summed E-state index contributed by atoms with van der Waals surface area (Å²) in [6.45, 7) is 7.64. The Morgan fingerprint density at radius 2 is 1.70 bits per heavy atom. The first-order valence-corrected chi connectivity index (χ1v) is 8.02. The van der Waals surface area contributed by atoms with Gasteiger partial charge in [0.1, 0.15) is 0 Å². The van der Waals surface area contributed by atoms with E-state index in [0.29, 0.717) is 16.0 Å². The Labute approximate surface area is 139 Å². The van der Waals surface area contributed by atoms with Crippen LogP contribution in [0.5, 0.6) is 0 Å². The highest BCUT2D eigenvalue weighted by Crippen LogP contribution is 2.56. The van der Waals surface area contributed by atoms with E-state index in [1.54, 1.807) is 18.2 Å². The second-order valence-electron chi connectivity index (χ2n) is 7.35. The van der Waals surface area contributed by atoms with Crippen LogP contribution in [-0.2, 0) is 9.31 Å². The van der Waals surface area contributed by atoms with E-state index in [0.717, 1.165) is 0 Å². The van der Waals surface area contributed by atoms with Crippen molar-refractivity contribution >= 4 is 24.2 Å². The molecule has 3 rings (SSSR count). The minimum Gasteiger partial charge on any atom is -0.399 e. The summed E-state index contributed by atoms with van der Waals surface area (Å²) in [6, 6.07) is 4.95. The van der Waals surface area contributed by atoms with E-state index < -0.39 is 36.3 Å². The molecule has 1 aliphatic carbocycles. The summed E-state index contributed by atoms with van der Waals surface area (Å²) in [7, 11) is -0.705. The van der Waals surface area contributed by atoms with Gasteiger partial charge in [-0.05, 0) is 63.2 Å². The number of benzene rings is 1. The minimum absolute atomic E-state index is 0.109. The average molecular weight is 347 g/mol. The molecule has 126 valence electrons. The van der Waals surface area contributed by atoms with E-state index in [9.17, 15) is 13.2 Å². The molecule has 1 aliphatic heterocycles. The molecule has 2 unspecified atom stereocenters. The number of hydrogen-bond donors (Lipinski definition) is 0. The molecule has 2 aliphatic rings. The first-order valence-electron chi connectivity index (χ1n) is 7.64. The van der Waals surface area contributed by atoms with Crippen molar-refractivity contribution in [1.82, 2.24) is 0 Å². The molecule has 0 spiro atoms. The maximum absolute atomic E-state index is 12.9. The van der Waals surface area contributed by atoms with Crippen LogP contribution < -0.4 is 5.46 Å². The smallest absolute Gasteiger partial charge is 0.399 e. The van der Waals surface area contributed by atoms with E-state index in [1.807, 2.05) is 27.7 Å². The van der Waals surface area contributed by atoms with E-state index in [2.05, 4.69) is 0 Å². The van der Waals surface area contributed by atoms with Gasteiger partial charge in [-0.2, -0.15) is 13.2 Å². The van der Waals surface area contributed by atoms with Crippen LogP contribution in [0.1, 0.15) is 45.6 Å². The lowest BCUT2D eigenvalue weighted by Gasteiger charge is -2.32. The van der Waals surface area contributed by atoms with Crippen LogP contribution in [0.4, 0.5) is 13.2 Å². The third-order valence-electron chi connectivity index (χ3n) is 5.17. The molecule has 0 radical (unpaired) electrons. The molecule has 2 atom stereocenters. The Bertz CT molecular complexity index is 614. The molecule has 2 fully saturated rings. The van der Waals surface area contributed by atoms with Crippen molar-refractivity contribution in [3.63, 3.8) is 0 Å². The lowest BCUT2D eigenvalue weighted by Crippen LogP contribution is -2.41. The van der Waals surface area contributed by atoms with Crippen LogP contribution in [-0.4, -0.2) is 24.5 Å². The van der Waals surface area contributed by atoms with Crippen LogP contribution in [0.2, 0.25) is 5.02 Å². The zero-order valence-corrected chi connectivity index (χ0v) is 14.3. The van der Waals surface area contributed by atoms with Gasteiger partial charge in [0.2, 0.25) is 0 Å². The Hall–Kier alpha value is -0.715. The molecular formula is C16H19BClF3O2. The third-order valence-corrected chi connectivity index (χ3v) is 5.40. The summed E-state index contributed by atoms with van der Waals surface area (Å²) >= 11 is 6.06. The van der Waals surface area contributed by atoms with E-state index in [4.69, 9.17) is 20.9 Å². The van der Waals surface area contributed by atoms with Gasteiger partial charge in [-0.25, -0.2) is 0 Å². The van der Waals surface area contributed by atoms with Crippen molar-refractivity contribution in [3.05, 3.63) is 28.8 Å². The standard InChI is InChI=1S/C16H19BClF3O2/c1-14(2)15(3,4)23-17(22-14)13-7-9(18)5-6-10(13)11-8-12(11)16(19,20)21/h5-7,11-12H,8H2,1-4H3. The first kappa shape index (κ1) is 17.1. The zero-order chi connectivity index (χ0) is 17.2. The molecule has 1 heterocycles. The lowest BCUT2D eigenvalue weighted by atomic mass is 9.74. The molecule has 0 amide bonds. The quantitative estimate of drug-likeness (QED) is 0.743. The van der Waals surface area contributed by atoms with Crippen molar-refractivity contribution in [1.29, 1.82) is 0 Å². The van der Waals surface area contributed by atoms with E-state index >= 15 is 0 Å². The van der Waals surface area contributed by atoms with Crippen molar-refractivity contribution in [2.24, 2.45) is 5.92 Å². The summed E-state index contributed by atoms with van der Waals surface area (Å²) in [5, 5.41) is 0.461. The van der Waals surface area contributed by atoms with Crippen LogP contribution in [0.25, 0.3) is 0 Å². The molecular weight excluding hydrogens is 327 g/mol. The molecule has 1 aromatic carbocycles. The minimum atomic E-state index is -4.17. The molecule has 0 N–H and O–H groups in total. The fraction of sp³-hybridized carbons (Fsp3) is 0.625. The van der Waals surface area contributed by atoms with Gasteiger partial charge in [0, 0.05) is 5.02 Å². The Morgan fingerprint density at radius 3 is 2.17 bits per heavy atom. The largest absolute Gasteiger partial charge is 0.495 e. The molecule has 1 saturated heterocycles. The first-order chi connectivity index (χ1) is 10.4. The van der Waals surface area contributed by atoms with Crippen LogP contribution in [0, 0.1) is 5.92 Å². The van der Waals surface area contributed by atoms with Crippen LogP contribution >= 0.6 is 11.6 Å². The normalized spacial score (nSPS) is 29.0. The van der Waals surface area contributed by atoms with Crippen LogP contribution in [0.15, 0.2) is 18.2 Å². The molecule has 0 aromatic heterocycles. The lowest BCUT2D eigenvalue weighted by molar-refractivity contribution is -0.148. The second kappa shape index (κ2) is 5.14. The summed E-state index contributed by atoms with van der Waals surface area (Å²) in [5.74, 6) is -1.83. The van der Waals surface area contributed by atoms with Crippen molar-refractivity contribution in [3.8, 4) is 0 Å². The average Bonchev–Trinajstić information content (AvgIpc) is 3.13. The van der Waals surface area contributed by atoms with Crippen LogP contribution in [0.3, 0.4) is 0 Å². The van der Waals surface area contributed by atoms with Gasteiger partial charge in [-0.1, -0.05) is 17.7 Å². The summed E-state index contributed by atoms with van der Waals surface area (Å²) in [5.41, 5.74) is 0.122. The Kier molecular flexibility index (Phi) is 3.82. The zero-order valence-electron chi connectivity index (χ0n) is 13.5. The van der Waals surface area contributed by atoms with Gasteiger partial charge in [-0.15, -0.1) is 0 Å². The fourth-order valence-corrected chi connectivity index (χ4v) is 3.14. The topological polar surface area (TPSA) is 18.5 Å². The molecule has 0 bridgehead atoms. The monoisotopic (exact) mass is 346 g/mol. The van der Waals surface area contributed by atoms with Gasteiger partial charge in [0.05, 0.1) is 17.1 Å².